The SMILES string of the molecule is CCc1cccc2sc(N(Cc3ccccc3)C(=O)CCSc3ccc(Cl)cc3)nc12. The summed E-state index contributed by atoms with van der Waals surface area (Å²) in [5.41, 5.74) is 3.31. The lowest BCUT2D eigenvalue weighted by atomic mass is 10.1. The third-order valence-electron chi connectivity index (χ3n) is 4.99. The highest BCUT2D eigenvalue weighted by atomic mass is 35.5. The molecule has 0 fully saturated rings. The first-order valence-corrected chi connectivity index (χ1v) is 12.4. The van der Waals surface area contributed by atoms with E-state index < -0.39 is 0 Å². The minimum Gasteiger partial charge on any atom is -0.284 e. The van der Waals surface area contributed by atoms with Gasteiger partial charge in [0.25, 0.3) is 0 Å². The van der Waals surface area contributed by atoms with Gasteiger partial charge in [0.2, 0.25) is 5.91 Å². The van der Waals surface area contributed by atoms with Gasteiger partial charge in [-0.15, -0.1) is 11.8 Å². The molecule has 31 heavy (non-hydrogen) atoms. The molecule has 158 valence electrons. The lowest BCUT2D eigenvalue weighted by Crippen LogP contribution is -2.30. The van der Waals surface area contributed by atoms with Crippen LogP contribution in [-0.2, 0) is 17.8 Å². The number of para-hydroxylation sites is 1. The van der Waals surface area contributed by atoms with Gasteiger partial charge in [-0.05, 0) is 47.9 Å². The summed E-state index contributed by atoms with van der Waals surface area (Å²) in [6, 6.07) is 24.1. The number of hydrogen-bond acceptors (Lipinski definition) is 4. The molecule has 0 bridgehead atoms. The molecular formula is C25H23ClN2OS2. The predicted octanol–water partition coefficient (Wildman–Crippen LogP) is 7.23. The molecule has 0 aliphatic heterocycles. The molecule has 1 aromatic heterocycles. The fourth-order valence-electron chi connectivity index (χ4n) is 3.35. The standard InChI is InChI=1S/C25H23ClN2OS2/c1-2-19-9-6-10-22-24(19)27-25(31-22)28(17-18-7-4-3-5-8-18)23(29)15-16-30-21-13-11-20(26)12-14-21/h3-14H,2,15-17H2,1H3. The Bertz CT molecular complexity index is 1160. The smallest absolute Gasteiger partial charge is 0.229 e. The Balaban J connectivity index is 1.55. The summed E-state index contributed by atoms with van der Waals surface area (Å²) in [6.07, 6.45) is 1.36. The van der Waals surface area contributed by atoms with Crippen LogP contribution in [0.3, 0.4) is 0 Å². The summed E-state index contributed by atoms with van der Waals surface area (Å²) in [7, 11) is 0. The van der Waals surface area contributed by atoms with Crippen molar-refractivity contribution in [3.8, 4) is 0 Å². The van der Waals surface area contributed by atoms with Crippen molar-refractivity contribution >= 4 is 56.0 Å². The zero-order valence-corrected chi connectivity index (χ0v) is 19.6. The summed E-state index contributed by atoms with van der Waals surface area (Å²) in [6.45, 7) is 2.65. The Morgan fingerprint density at radius 1 is 1.03 bits per heavy atom. The van der Waals surface area contributed by atoms with E-state index in [2.05, 4.69) is 25.1 Å². The van der Waals surface area contributed by atoms with Crippen LogP contribution in [0.4, 0.5) is 5.13 Å². The van der Waals surface area contributed by atoms with Crippen molar-refractivity contribution in [1.29, 1.82) is 0 Å². The van der Waals surface area contributed by atoms with Gasteiger partial charge >= 0.3 is 0 Å². The van der Waals surface area contributed by atoms with Gasteiger partial charge < -0.3 is 0 Å². The minimum absolute atomic E-state index is 0.0856. The number of fused-ring (bicyclic) bond motifs is 1. The lowest BCUT2D eigenvalue weighted by Gasteiger charge is -2.20. The molecule has 0 radical (unpaired) electrons. The Morgan fingerprint density at radius 2 is 1.81 bits per heavy atom. The van der Waals surface area contributed by atoms with Crippen molar-refractivity contribution < 1.29 is 4.79 Å². The molecule has 0 aliphatic carbocycles. The summed E-state index contributed by atoms with van der Waals surface area (Å²) in [5, 5.41) is 1.48. The Labute approximate surface area is 196 Å². The van der Waals surface area contributed by atoms with E-state index in [0.717, 1.165) is 37.3 Å². The zero-order valence-electron chi connectivity index (χ0n) is 17.3. The third kappa shape index (κ3) is 5.48. The number of benzene rings is 3. The number of hydrogen-bond donors (Lipinski definition) is 0. The maximum atomic E-state index is 13.3. The number of anilines is 1. The molecule has 0 spiro atoms. The topological polar surface area (TPSA) is 33.2 Å². The molecular weight excluding hydrogens is 444 g/mol. The number of thiazole rings is 1. The average Bonchev–Trinajstić information content (AvgIpc) is 3.23. The molecule has 0 saturated heterocycles. The van der Waals surface area contributed by atoms with Gasteiger partial charge in [-0.3, -0.25) is 9.69 Å². The van der Waals surface area contributed by atoms with Crippen LogP contribution in [0.5, 0.6) is 0 Å². The molecule has 1 heterocycles. The highest BCUT2D eigenvalue weighted by molar-refractivity contribution is 7.99. The highest BCUT2D eigenvalue weighted by Gasteiger charge is 2.20. The van der Waals surface area contributed by atoms with E-state index in [1.54, 1.807) is 23.1 Å². The largest absolute Gasteiger partial charge is 0.284 e. The van der Waals surface area contributed by atoms with Gasteiger partial charge in [-0.25, -0.2) is 4.98 Å². The van der Waals surface area contributed by atoms with Crippen LogP contribution < -0.4 is 4.90 Å². The maximum Gasteiger partial charge on any atom is 0.229 e. The van der Waals surface area contributed by atoms with Gasteiger partial charge in [-0.2, -0.15) is 0 Å². The number of aromatic nitrogens is 1. The van der Waals surface area contributed by atoms with E-state index >= 15 is 0 Å². The highest BCUT2D eigenvalue weighted by Crippen LogP contribution is 2.32. The molecule has 0 saturated carbocycles. The van der Waals surface area contributed by atoms with Gasteiger partial charge in [0, 0.05) is 22.1 Å². The van der Waals surface area contributed by atoms with E-state index in [4.69, 9.17) is 16.6 Å². The second-order valence-electron chi connectivity index (χ2n) is 7.13. The second-order valence-corrected chi connectivity index (χ2v) is 9.75. The van der Waals surface area contributed by atoms with Crippen LogP contribution >= 0.6 is 34.7 Å². The number of rotatable bonds is 8. The second kappa shape index (κ2) is 10.3. The monoisotopic (exact) mass is 466 g/mol. The predicted molar refractivity (Wildman–Crippen MR) is 133 cm³/mol. The van der Waals surface area contributed by atoms with Crippen molar-refractivity contribution in [2.45, 2.75) is 31.2 Å². The van der Waals surface area contributed by atoms with Gasteiger partial charge in [0.05, 0.1) is 16.8 Å². The molecule has 6 heteroatoms. The summed E-state index contributed by atoms with van der Waals surface area (Å²) in [5.74, 6) is 0.791. The fourth-order valence-corrected chi connectivity index (χ4v) is 5.34. The number of aryl methyl sites for hydroxylation is 1. The van der Waals surface area contributed by atoms with Crippen molar-refractivity contribution in [2.24, 2.45) is 0 Å². The molecule has 4 rings (SSSR count). The summed E-state index contributed by atoms with van der Waals surface area (Å²) < 4.78 is 1.12. The Morgan fingerprint density at radius 3 is 2.55 bits per heavy atom. The minimum atomic E-state index is 0.0856. The van der Waals surface area contributed by atoms with Crippen LogP contribution in [-0.4, -0.2) is 16.6 Å². The number of halogens is 1. The maximum absolute atomic E-state index is 13.3. The first kappa shape index (κ1) is 21.9. The van der Waals surface area contributed by atoms with Gasteiger partial charge in [0.15, 0.2) is 5.13 Å². The molecule has 0 unspecified atom stereocenters. The molecule has 0 N–H and O–H groups in total. The molecule has 0 atom stereocenters. The van der Waals surface area contributed by atoms with Crippen LogP contribution in [0, 0.1) is 0 Å². The van der Waals surface area contributed by atoms with Crippen molar-refractivity contribution in [3.63, 3.8) is 0 Å². The summed E-state index contributed by atoms with van der Waals surface area (Å²) in [4.78, 5) is 21.1. The van der Waals surface area contributed by atoms with E-state index in [9.17, 15) is 4.79 Å². The number of carbonyl (C=O) groups is 1. The normalized spacial score (nSPS) is 11.0. The number of thioether (sulfide) groups is 1. The van der Waals surface area contributed by atoms with E-state index in [0.29, 0.717) is 18.7 Å². The molecule has 3 aromatic carbocycles. The lowest BCUT2D eigenvalue weighted by molar-refractivity contribution is -0.118. The summed E-state index contributed by atoms with van der Waals surface area (Å²) >= 11 is 9.21. The fraction of sp³-hybridized carbons (Fsp3) is 0.200. The van der Waals surface area contributed by atoms with Crippen LogP contribution in [0.1, 0.15) is 24.5 Å². The first-order valence-electron chi connectivity index (χ1n) is 10.2. The van der Waals surface area contributed by atoms with Crippen LogP contribution in [0.2, 0.25) is 5.02 Å². The van der Waals surface area contributed by atoms with Gasteiger partial charge in [0.1, 0.15) is 0 Å². The zero-order chi connectivity index (χ0) is 21.6. The van der Waals surface area contributed by atoms with Gasteiger partial charge in [-0.1, -0.05) is 72.3 Å². The van der Waals surface area contributed by atoms with Crippen molar-refractivity contribution in [3.05, 3.63) is 88.9 Å². The number of nitrogens with zero attached hydrogens (tertiary/aromatic N) is 2. The Hall–Kier alpha value is -2.34. The molecule has 3 nitrogen and oxygen atoms in total. The van der Waals surface area contributed by atoms with E-state index in [1.807, 2.05) is 59.5 Å². The molecule has 0 aliphatic rings. The van der Waals surface area contributed by atoms with E-state index in [-0.39, 0.29) is 5.91 Å². The third-order valence-corrected chi connectivity index (χ3v) is 7.30. The van der Waals surface area contributed by atoms with Crippen LogP contribution in [0.15, 0.2) is 77.7 Å². The quantitative estimate of drug-likeness (QED) is 0.257. The first-order chi connectivity index (χ1) is 15.1. The molecule has 4 aromatic rings. The van der Waals surface area contributed by atoms with Crippen molar-refractivity contribution in [1.82, 2.24) is 4.98 Å². The number of carbonyl (C=O) groups excluding carboxylic acids is 1. The number of amides is 1. The van der Waals surface area contributed by atoms with E-state index in [1.165, 1.54) is 5.56 Å². The van der Waals surface area contributed by atoms with Crippen molar-refractivity contribution in [2.75, 3.05) is 10.7 Å². The average molecular weight is 467 g/mol. The Kier molecular flexibility index (Phi) is 7.28. The molecule has 1 amide bonds. The van der Waals surface area contributed by atoms with Crippen LogP contribution in [0.25, 0.3) is 10.2 Å².